The van der Waals surface area contributed by atoms with Crippen molar-refractivity contribution in [2.45, 2.75) is 13.3 Å². The number of anilines is 1. The van der Waals surface area contributed by atoms with Crippen LogP contribution in [-0.4, -0.2) is 56.7 Å². The van der Waals surface area contributed by atoms with E-state index in [1.54, 1.807) is 18.1 Å². The van der Waals surface area contributed by atoms with E-state index in [-0.39, 0.29) is 11.7 Å². The van der Waals surface area contributed by atoms with Crippen LogP contribution in [0.15, 0.2) is 46.9 Å². The summed E-state index contributed by atoms with van der Waals surface area (Å²) in [6.07, 6.45) is 0.808. The van der Waals surface area contributed by atoms with Crippen LogP contribution in [0, 0.1) is 0 Å². The van der Waals surface area contributed by atoms with Gasteiger partial charge in [-0.15, -0.1) is 0 Å². The molecule has 2 aromatic carbocycles. The van der Waals surface area contributed by atoms with Crippen LogP contribution in [0.4, 0.5) is 5.13 Å². The lowest BCUT2D eigenvalue weighted by atomic mass is 10.2. The van der Waals surface area contributed by atoms with Crippen LogP contribution < -0.4 is 14.4 Å². The molecule has 2 heterocycles. The fourth-order valence-corrected chi connectivity index (χ4v) is 4.53. The number of ether oxygens (including phenoxy) is 2. The zero-order valence-corrected chi connectivity index (χ0v) is 19.6. The maximum absolute atomic E-state index is 13.6. The second kappa shape index (κ2) is 9.58. The maximum Gasteiger partial charge on any atom is 0.295 e. The number of rotatable bonds is 9. The minimum Gasteiger partial charge on any atom is -0.497 e. The zero-order chi connectivity index (χ0) is 22.7. The van der Waals surface area contributed by atoms with Crippen molar-refractivity contribution in [2.75, 3.05) is 45.8 Å². The number of nitrogens with zero attached hydrogens (tertiary/aromatic N) is 3. The summed E-state index contributed by atoms with van der Waals surface area (Å²) in [5, 5.41) is 1.48. The number of fused-ring (bicyclic) bond motifs is 2. The zero-order valence-electron chi connectivity index (χ0n) is 18.8. The third-order valence-corrected chi connectivity index (χ3v) is 6.11. The Labute approximate surface area is 191 Å². The monoisotopic (exact) mass is 453 g/mol. The predicted molar refractivity (Wildman–Crippen MR) is 128 cm³/mol. The van der Waals surface area contributed by atoms with Crippen molar-refractivity contribution in [3.8, 4) is 11.5 Å². The molecule has 2 aromatic heterocycles. The van der Waals surface area contributed by atoms with Crippen LogP contribution in [0.5, 0.6) is 11.5 Å². The Hall–Kier alpha value is -3.10. The molecule has 7 nitrogen and oxygen atoms in total. The summed E-state index contributed by atoms with van der Waals surface area (Å²) in [5.41, 5.74) is 1.42. The summed E-state index contributed by atoms with van der Waals surface area (Å²) in [6.45, 7) is 3.83. The van der Waals surface area contributed by atoms with Crippen molar-refractivity contribution < 1.29 is 18.7 Å². The Balaban J connectivity index is 1.70. The Morgan fingerprint density at radius 3 is 2.75 bits per heavy atom. The van der Waals surface area contributed by atoms with Crippen LogP contribution in [0.2, 0.25) is 0 Å². The average Bonchev–Trinajstić information content (AvgIpc) is 3.40. The molecule has 0 atom stereocenters. The number of hydrogen-bond acceptors (Lipinski definition) is 7. The molecule has 0 fully saturated rings. The van der Waals surface area contributed by atoms with E-state index in [4.69, 9.17) is 18.9 Å². The van der Waals surface area contributed by atoms with Crippen molar-refractivity contribution in [1.82, 2.24) is 9.88 Å². The number of methoxy groups -OCH3 is 1. The van der Waals surface area contributed by atoms with E-state index in [1.807, 2.05) is 57.4 Å². The Kier molecular flexibility index (Phi) is 6.62. The SMILES string of the molecule is CCOc1cccc2cc(C(=O)N(CCCN(C)C)c3nc4ccc(OC)cc4s3)oc12. The number of furan rings is 1. The topological polar surface area (TPSA) is 68.0 Å². The maximum atomic E-state index is 13.6. The average molecular weight is 454 g/mol. The summed E-state index contributed by atoms with van der Waals surface area (Å²) >= 11 is 1.47. The molecule has 0 aliphatic heterocycles. The van der Waals surface area contributed by atoms with E-state index in [1.165, 1.54) is 11.3 Å². The smallest absolute Gasteiger partial charge is 0.295 e. The summed E-state index contributed by atoms with van der Waals surface area (Å²) in [5.74, 6) is 1.46. The van der Waals surface area contributed by atoms with E-state index in [2.05, 4.69) is 4.90 Å². The molecule has 0 unspecified atom stereocenters. The molecule has 0 spiro atoms. The number of thiazole rings is 1. The number of para-hydroxylation sites is 1. The van der Waals surface area contributed by atoms with Crippen LogP contribution in [-0.2, 0) is 0 Å². The van der Waals surface area contributed by atoms with Gasteiger partial charge in [0.15, 0.2) is 22.2 Å². The first-order valence-corrected chi connectivity index (χ1v) is 11.4. The largest absolute Gasteiger partial charge is 0.497 e. The highest BCUT2D eigenvalue weighted by molar-refractivity contribution is 7.22. The van der Waals surface area contributed by atoms with Crippen LogP contribution in [0.1, 0.15) is 23.9 Å². The molecule has 0 aliphatic carbocycles. The number of hydrogen-bond donors (Lipinski definition) is 0. The Bertz CT molecular complexity index is 1230. The summed E-state index contributed by atoms with van der Waals surface area (Å²) < 4.78 is 17.9. The molecule has 0 aliphatic rings. The van der Waals surface area contributed by atoms with E-state index >= 15 is 0 Å². The lowest BCUT2D eigenvalue weighted by molar-refractivity contribution is 0.0961. The molecule has 32 heavy (non-hydrogen) atoms. The number of amides is 1. The van der Waals surface area contributed by atoms with E-state index in [0.29, 0.717) is 29.6 Å². The fourth-order valence-electron chi connectivity index (χ4n) is 3.51. The van der Waals surface area contributed by atoms with Crippen molar-refractivity contribution >= 4 is 43.6 Å². The molecule has 4 rings (SSSR count). The molecule has 0 saturated carbocycles. The Morgan fingerprint density at radius 2 is 2.00 bits per heavy atom. The van der Waals surface area contributed by atoms with Crippen LogP contribution >= 0.6 is 11.3 Å². The van der Waals surface area contributed by atoms with Gasteiger partial charge in [-0.3, -0.25) is 9.69 Å². The standard InChI is InChI=1S/C24H27N3O4S/c1-5-30-19-9-6-8-16-14-20(31-22(16)19)23(28)27(13-7-12-26(2)3)24-25-18-11-10-17(29-4)15-21(18)32-24/h6,8-11,14-15H,5,7,12-13H2,1-4H3. The first kappa shape index (κ1) is 22.1. The summed E-state index contributed by atoms with van der Waals surface area (Å²) in [6, 6.07) is 13.2. The van der Waals surface area contributed by atoms with Crippen molar-refractivity contribution in [3.63, 3.8) is 0 Å². The highest BCUT2D eigenvalue weighted by Crippen LogP contribution is 2.34. The van der Waals surface area contributed by atoms with Gasteiger partial charge in [-0.2, -0.15) is 0 Å². The van der Waals surface area contributed by atoms with E-state index in [0.717, 1.165) is 34.3 Å². The van der Waals surface area contributed by atoms with Gasteiger partial charge in [-0.1, -0.05) is 23.5 Å². The van der Waals surface area contributed by atoms with Gasteiger partial charge in [0.2, 0.25) is 0 Å². The molecule has 4 aromatic rings. The van der Waals surface area contributed by atoms with Gasteiger partial charge >= 0.3 is 0 Å². The molecular weight excluding hydrogens is 426 g/mol. The third kappa shape index (κ3) is 4.56. The van der Waals surface area contributed by atoms with Gasteiger partial charge < -0.3 is 18.8 Å². The first-order chi connectivity index (χ1) is 15.5. The fraction of sp³-hybridized carbons (Fsp3) is 0.333. The summed E-state index contributed by atoms with van der Waals surface area (Å²) in [7, 11) is 5.67. The minimum absolute atomic E-state index is 0.214. The highest BCUT2D eigenvalue weighted by atomic mass is 32.1. The molecule has 0 bridgehead atoms. The third-order valence-electron chi connectivity index (χ3n) is 5.07. The van der Waals surface area contributed by atoms with Gasteiger partial charge in [-0.25, -0.2) is 4.98 Å². The molecule has 168 valence electrons. The molecule has 0 N–H and O–H groups in total. The highest BCUT2D eigenvalue weighted by Gasteiger charge is 2.25. The quantitative estimate of drug-likeness (QED) is 0.353. The summed E-state index contributed by atoms with van der Waals surface area (Å²) in [4.78, 5) is 22.1. The van der Waals surface area contributed by atoms with Gasteiger partial charge in [-0.05, 0) is 64.3 Å². The lowest BCUT2D eigenvalue weighted by Crippen LogP contribution is -2.33. The van der Waals surface area contributed by atoms with Gasteiger partial charge in [0.25, 0.3) is 5.91 Å². The number of carbonyl (C=O) groups is 1. The number of carbonyl (C=O) groups excluding carboxylic acids is 1. The van der Waals surface area contributed by atoms with Crippen LogP contribution in [0.3, 0.4) is 0 Å². The molecule has 1 amide bonds. The van der Waals surface area contributed by atoms with Crippen LogP contribution in [0.25, 0.3) is 21.2 Å². The molecule has 0 radical (unpaired) electrons. The van der Waals surface area contributed by atoms with Crippen molar-refractivity contribution in [2.24, 2.45) is 0 Å². The lowest BCUT2D eigenvalue weighted by Gasteiger charge is -2.19. The van der Waals surface area contributed by atoms with Gasteiger partial charge in [0, 0.05) is 11.9 Å². The second-order valence-corrected chi connectivity index (χ2v) is 8.67. The molecular formula is C24H27N3O4S. The second-order valence-electron chi connectivity index (χ2n) is 7.66. The predicted octanol–water partition coefficient (Wildman–Crippen LogP) is 5.05. The van der Waals surface area contributed by atoms with Crippen molar-refractivity contribution in [3.05, 3.63) is 48.2 Å². The van der Waals surface area contributed by atoms with Gasteiger partial charge in [0.1, 0.15) is 5.75 Å². The molecule has 8 heteroatoms. The van der Waals surface area contributed by atoms with E-state index < -0.39 is 0 Å². The number of aromatic nitrogens is 1. The van der Waals surface area contributed by atoms with Crippen molar-refractivity contribution in [1.29, 1.82) is 0 Å². The van der Waals surface area contributed by atoms with E-state index in [9.17, 15) is 4.79 Å². The van der Waals surface area contributed by atoms with Gasteiger partial charge in [0.05, 0.1) is 23.9 Å². The molecule has 0 saturated heterocycles. The first-order valence-electron chi connectivity index (χ1n) is 10.6. The Morgan fingerprint density at radius 1 is 1.16 bits per heavy atom. The number of benzene rings is 2. The minimum atomic E-state index is -0.214. The normalized spacial score (nSPS) is 11.4.